The number of benzene rings is 2. The lowest BCUT2D eigenvalue weighted by Gasteiger charge is -2.08. The Morgan fingerprint density at radius 3 is 2.60 bits per heavy atom. The van der Waals surface area contributed by atoms with Gasteiger partial charge in [0.2, 0.25) is 0 Å². The van der Waals surface area contributed by atoms with Crippen LogP contribution in [0, 0.1) is 6.92 Å². The standard InChI is InChI=1S/C17H16N2O/c1-3-13-11(2)18-16(19-17(13)20)15-10-6-8-12-7-4-5-9-14(12)15/h4-10H,3H2,1-2H3,(H,18,19,20). The number of hydrogen-bond acceptors (Lipinski definition) is 2. The van der Waals surface area contributed by atoms with Gasteiger partial charge >= 0.3 is 0 Å². The molecule has 0 fully saturated rings. The van der Waals surface area contributed by atoms with Crippen LogP contribution in [0.5, 0.6) is 0 Å². The second kappa shape index (κ2) is 4.93. The summed E-state index contributed by atoms with van der Waals surface area (Å²) >= 11 is 0. The van der Waals surface area contributed by atoms with Gasteiger partial charge in [0.25, 0.3) is 5.56 Å². The Balaban J connectivity index is 2.29. The molecule has 0 atom stereocenters. The number of aromatic nitrogens is 2. The fourth-order valence-corrected chi connectivity index (χ4v) is 2.59. The molecule has 2 aromatic carbocycles. The van der Waals surface area contributed by atoms with E-state index in [-0.39, 0.29) is 5.56 Å². The Labute approximate surface area is 117 Å². The Morgan fingerprint density at radius 2 is 1.85 bits per heavy atom. The van der Waals surface area contributed by atoms with Gasteiger partial charge in [-0.05, 0) is 24.1 Å². The first-order valence-electron chi connectivity index (χ1n) is 6.78. The van der Waals surface area contributed by atoms with Gasteiger partial charge in [0.15, 0.2) is 0 Å². The maximum Gasteiger partial charge on any atom is 0.254 e. The van der Waals surface area contributed by atoms with Crippen molar-refractivity contribution in [2.24, 2.45) is 0 Å². The number of H-pyrrole nitrogens is 1. The second-order valence-electron chi connectivity index (χ2n) is 4.86. The highest BCUT2D eigenvalue weighted by Crippen LogP contribution is 2.25. The van der Waals surface area contributed by atoms with Gasteiger partial charge in [0.1, 0.15) is 5.82 Å². The van der Waals surface area contributed by atoms with E-state index in [2.05, 4.69) is 22.1 Å². The third-order valence-corrected chi connectivity index (χ3v) is 3.62. The molecule has 0 spiro atoms. The number of nitrogens with zero attached hydrogens (tertiary/aromatic N) is 1. The highest BCUT2D eigenvalue weighted by molar-refractivity contribution is 5.94. The van der Waals surface area contributed by atoms with Crippen molar-refractivity contribution >= 4 is 10.8 Å². The first kappa shape index (κ1) is 12.6. The molecule has 0 bridgehead atoms. The molecule has 3 rings (SSSR count). The third-order valence-electron chi connectivity index (χ3n) is 3.62. The summed E-state index contributed by atoms with van der Waals surface area (Å²) < 4.78 is 0. The highest BCUT2D eigenvalue weighted by atomic mass is 16.1. The molecule has 0 radical (unpaired) electrons. The zero-order valence-corrected chi connectivity index (χ0v) is 11.6. The molecule has 0 saturated heterocycles. The van der Waals surface area contributed by atoms with Crippen LogP contribution in [0.25, 0.3) is 22.2 Å². The predicted molar refractivity (Wildman–Crippen MR) is 81.9 cm³/mol. The van der Waals surface area contributed by atoms with Crippen molar-refractivity contribution < 1.29 is 0 Å². The molecule has 3 nitrogen and oxygen atoms in total. The largest absolute Gasteiger partial charge is 0.306 e. The maximum absolute atomic E-state index is 12.1. The quantitative estimate of drug-likeness (QED) is 0.770. The van der Waals surface area contributed by atoms with Crippen molar-refractivity contribution in [1.29, 1.82) is 0 Å². The Morgan fingerprint density at radius 1 is 1.10 bits per heavy atom. The van der Waals surface area contributed by atoms with E-state index < -0.39 is 0 Å². The van der Waals surface area contributed by atoms with Gasteiger partial charge in [-0.25, -0.2) is 4.98 Å². The maximum atomic E-state index is 12.1. The molecule has 0 aliphatic carbocycles. The first-order chi connectivity index (χ1) is 9.70. The van der Waals surface area contributed by atoms with Gasteiger partial charge in [-0.2, -0.15) is 0 Å². The summed E-state index contributed by atoms with van der Waals surface area (Å²) in [6, 6.07) is 14.2. The molecule has 0 unspecified atom stereocenters. The molecule has 0 aliphatic heterocycles. The van der Waals surface area contributed by atoms with E-state index >= 15 is 0 Å². The Bertz CT molecular complexity index is 829. The highest BCUT2D eigenvalue weighted by Gasteiger charge is 2.10. The Kier molecular flexibility index (Phi) is 3.11. The van der Waals surface area contributed by atoms with E-state index in [1.807, 2.05) is 44.2 Å². The van der Waals surface area contributed by atoms with Crippen LogP contribution in [0.4, 0.5) is 0 Å². The molecule has 1 N–H and O–H groups in total. The number of hydrogen-bond donors (Lipinski definition) is 1. The Hall–Kier alpha value is -2.42. The number of aryl methyl sites for hydroxylation is 1. The van der Waals surface area contributed by atoms with Gasteiger partial charge in [-0.1, -0.05) is 49.4 Å². The fraction of sp³-hybridized carbons (Fsp3) is 0.176. The minimum absolute atomic E-state index is 0.0389. The zero-order chi connectivity index (χ0) is 14.1. The van der Waals surface area contributed by atoms with Gasteiger partial charge in [0, 0.05) is 16.8 Å². The first-order valence-corrected chi connectivity index (χ1v) is 6.78. The smallest absolute Gasteiger partial charge is 0.254 e. The van der Waals surface area contributed by atoms with Crippen molar-refractivity contribution in [1.82, 2.24) is 9.97 Å². The monoisotopic (exact) mass is 264 g/mol. The van der Waals surface area contributed by atoms with Gasteiger partial charge in [-0.3, -0.25) is 4.79 Å². The number of aromatic amines is 1. The third kappa shape index (κ3) is 2.01. The fourth-order valence-electron chi connectivity index (χ4n) is 2.59. The molecule has 1 heterocycles. The van der Waals surface area contributed by atoms with Crippen molar-refractivity contribution in [2.75, 3.05) is 0 Å². The topological polar surface area (TPSA) is 45.8 Å². The molecule has 0 aliphatic rings. The zero-order valence-electron chi connectivity index (χ0n) is 11.6. The molecule has 3 aromatic rings. The lowest BCUT2D eigenvalue weighted by atomic mass is 10.0. The van der Waals surface area contributed by atoms with Crippen LogP contribution in [-0.2, 0) is 6.42 Å². The van der Waals surface area contributed by atoms with Gasteiger partial charge in [-0.15, -0.1) is 0 Å². The summed E-state index contributed by atoms with van der Waals surface area (Å²) in [5.74, 6) is 0.640. The summed E-state index contributed by atoms with van der Waals surface area (Å²) in [6.45, 7) is 3.86. The summed E-state index contributed by atoms with van der Waals surface area (Å²) in [5.41, 5.74) is 2.49. The minimum Gasteiger partial charge on any atom is -0.306 e. The van der Waals surface area contributed by atoms with Gasteiger partial charge in [0.05, 0.1) is 0 Å². The van der Waals surface area contributed by atoms with Crippen LogP contribution < -0.4 is 5.56 Å². The normalized spacial score (nSPS) is 10.9. The number of rotatable bonds is 2. The SMILES string of the molecule is CCc1c(C)nc(-c2cccc3ccccc23)[nH]c1=O. The van der Waals surface area contributed by atoms with Crippen molar-refractivity contribution in [2.45, 2.75) is 20.3 Å². The van der Waals surface area contributed by atoms with E-state index in [0.717, 1.165) is 27.6 Å². The van der Waals surface area contributed by atoms with E-state index in [4.69, 9.17) is 0 Å². The molecule has 0 saturated carbocycles. The van der Waals surface area contributed by atoms with E-state index in [1.54, 1.807) is 0 Å². The van der Waals surface area contributed by atoms with Crippen molar-refractivity contribution in [3.63, 3.8) is 0 Å². The summed E-state index contributed by atoms with van der Waals surface area (Å²) in [6.07, 6.45) is 0.698. The van der Waals surface area contributed by atoms with Crippen molar-refractivity contribution in [3.8, 4) is 11.4 Å². The molecule has 3 heteroatoms. The van der Waals surface area contributed by atoms with Crippen LogP contribution in [0.15, 0.2) is 47.3 Å². The minimum atomic E-state index is -0.0389. The molecule has 1 aromatic heterocycles. The van der Waals surface area contributed by atoms with E-state index in [0.29, 0.717) is 12.2 Å². The van der Waals surface area contributed by atoms with Gasteiger partial charge < -0.3 is 4.98 Å². The van der Waals surface area contributed by atoms with Crippen LogP contribution >= 0.6 is 0 Å². The van der Waals surface area contributed by atoms with Crippen LogP contribution in [-0.4, -0.2) is 9.97 Å². The number of fused-ring (bicyclic) bond motifs is 1. The molecule has 100 valence electrons. The van der Waals surface area contributed by atoms with Crippen LogP contribution in [0.2, 0.25) is 0 Å². The summed E-state index contributed by atoms with van der Waals surface area (Å²) in [5, 5.41) is 2.24. The molecular formula is C17H16N2O. The average molecular weight is 264 g/mol. The lowest BCUT2D eigenvalue weighted by Crippen LogP contribution is -2.16. The molecular weight excluding hydrogens is 248 g/mol. The predicted octanol–water partition coefficient (Wildman–Crippen LogP) is 3.46. The average Bonchev–Trinajstić information content (AvgIpc) is 2.46. The van der Waals surface area contributed by atoms with E-state index in [9.17, 15) is 4.79 Å². The lowest BCUT2D eigenvalue weighted by molar-refractivity contribution is 0.969. The number of nitrogens with one attached hydrogen (secondary N) is 1. The van der Waals surface area contributed by atoms with Crippen molar-refractivity contribution in [3.05, 3.63) is 64.1 Å². The van der Waals surface area contributed by atoms with Crippen LogP contribution in [0.3, 0.4) is 0 Å². The molecule has 20 heavy (non-hydrogen) atoms. The van der Waals surface area contributed by atoms with E-state index in [1.165, 1.54) is 0 Å². The van der Waals surface area contributed by atoms with Crippen LogP contribution in [0.1, 0.15) is 18.2 Å². The summed E-state index contributed by atoms with van der Waals surface area (Å²) in [7, 11) is 0. The summed E-state index contributed by atoms with van der Waals surface area (Å²) in [4.78, 5) is 19.6. The molecule has 0 amide bonds. The second-order valence-corrected chi connectivity index (χ2v) is 4.86.